The number of hydrogen-bond donors (Lipinski definition) is 0. The molecule has 0 heterocycles. The molecule has 16 heteroatoms. The van der Waals surface area contributed by atoms with Crippen molar-refractivity contribution in [1.82, 2.24) is 0 Å². The largest absolute Gasteiger partial charge is 5.00 e. The van der Waals surface area contributed by atoms with Gasteiger partial charge in [-0.25, -0.2) is 0 Å². The Morgan fingerprint density at radius 3 is 0.294 bits per heavy atom. The Bertz CT molecular complexity index is 991. The van der Waals surface area contributed by atoms with Crippen LogP contribution in [0.15, 0.2) is 0 Å². The van der Waals surface area contributed by atoms with E-state index in [-0.39, 0.29) is 18.6 Å². The first-order valence-electron chi connectivity index (χ1n) is 14.2. The fourth-order valence-corrected chi connectivity index (χ4v) is 3.70. The first kappa shape index (κ1) is 58.2. The fourth-order valence-electron chi connectivity index (χ4n) is 3.70. The molecule has 0 rings (SSSR count). The summed E-state index contributed by atoms with van der Waals surface area (Å²) in [6.07, 6.45) is 0. The Hall–Kier alpha value is -5.02. The van der Waals surface area contributed by atoms with E-state index in [0.717, 1.165) is 0 Å². The van der Waals surface area contributed by atoms with Crippen molar-refractivity contribution in [2.45, 2.75) is 69.2 Å². The van der Waals surface area contributed by atoms with Gasteiger partial charge < -0.3 is 58.6 Å². The van der Waals surface area contributed by atoms with Gasteiger partial charge in [-0.2, -0.15) is 0 Å². The van der Waals surface area contributed by atoms with Crippen LogP contribution in [0.3, 0.4) is 0 Å². The van der Waals surface area contributed by atoms with Crippen molar-refractivity contribution in [3.63, 3.8) is 0 Å². The van der Waals surface area contributed by atoms with Gasteiger partial charge in [-0.3, -0.25) is 47.9 Å². The minimum atomic E-state index is -1.14. The minimum absolute atomic E-state index is 0. The van der Waals surface area contributed by atoms with Crippen molar-refractivity contribution < 1.29 is 90.5 Å². The summed E-state index contributed by atoms with van der Waals surface area (Å²) in [5.41, 5.74) is 0. The van der Waals surface area contributed by atoms with E-state index in [2.05, 4.69) is 34.6 Å². The normalized spacial score (nSPS) is 9.31. The van der Waals surface area contributed by atoms with Gasteiger partial charge in [0.05, 0.1) is 0 Å². The van der Waals surface area contributed by atoms with Gasteiger partial charge in [0.15, 0.2) is 0 Å². The second-order valence-corrected chi connectivity index (χ2v) is 10.6. The monoisotopic (exact) mass is 756 g/mol. The second kappa shape index (κ2) is 28.8. The van der Waals surface area contributed by atoms with E-state index in [1.807, 2.05) is 0 Å². The Morgan fingerprint density at radius 1 is 0.235 bits per heavy atom. The van der Waals surface area contributed by atoms with Crippen LogP contribution in [-0.4, -0.2) is 86.7 Å². The average Bonchev–Trinajstić information content (AvgIpc) is 2.81. The van der Waals surface area contributed by atoms with Crippen molar-refractivity contribution >= 4 is 86.7 Å². The second-order valence-electron chi connectivity index (χ2n) is 10.6. The number of rotatable bonds is 15. The Balaban J connectivity index is -0.000000123. The van der Waals surface area contributed by atoms with E-state index in [9.17, 15) is 71.9 Å². The molecule has 280 valence electrons. The molecule has 0 aliphatic rings. The Morgan fingerprint density at radius 2 is 0.294 bits per heavy atom. The molecule has 0 unspecified atom stereocenters. The summed E-state index contributed by atoms with van der Waals surface area (Å²) in [6.45, 7) is 27.0. The van der Waals surface area contributed by atoms with Gasteiger partial charge in [0.1, 0.15) is 87.4 Å². The standard InChI is InChI=1S/5C7H9O3.V/c5*1-4(8)7(5(2)9)6(3)10;/h5*7H,1H2,2-3H3;/q5*-1;+5. The maximum absolute atomic E-state index is 10.5. The van der Waals surface area contributed by atoms with Crippen molar-refractivity contribution in [1.29, 1.82) is 0 Å². The van der Waals surface area contributed by atoms with E-state index in [1.54, 1.807) is 0 Å². The van der Waals surface area contributed by atoms with Crippen molar-refractivity contribution in [3.05, 3.63) is 34.6 Å². The molecule has 0 fully saturated rings. The van der Waals surface area contributed by atoms with Gasteiger partial charge in [-0.05, 0) is 69.2 Å². The fraction of sp³-hybridized carbons (Fsp3) is 0.429. The third-order valence-corrected chi connectivity index (χ3v) is 5.68. The summed E-state index contributed by atoms with van der Waals surface area (Å²) in [7, 11) is 0. The van der Waals surface area contributed by atoms with E-state index in [4.69, 9.17) is 0 Å². The van der Waals surface area contributed by atoms with Crippen molar-refractivity contribution in [3.8, 4) is 0 Å². The Labute approximate surface area is 310 Å². The summed E-state index contributed by atoms with van der Waals surface area (Å²) in [4.78, 5) is 158. The summed E-state index contributed by atoms with van der Waals surface area (Å²) in [5.74, 6) is -13.2. The predicted octanol–water partition coefficient (Wildman–Crippen LogP) is 0.916. The first-order valence-corrected chi connectivity index (χ1v) is 14.2. The zero-order valence-electron chi connectivity index (χ0n) is 30.5. The molecule has 15 nitrogen and oxygen atoms in total. The molecule has 51 heavy (non-hydrogen) atoms. The van der Waals surface area contributed by atoms with Gasteiger partial charge in [-0.1, -0.05) is 0 Å². The van der Waals surface area contributed by atoms with Crippen LogP contribution in [-0.2, 0) is 90.5 Å². The molecule has 0 aliphatic heterocycles. The minimum Gasteiger partial charge on any atom is -0.338 e. The van der Waals surface area contributed by atoms with E-state index < -0.39 is 116 Å². The molecule has 0 aromatic heterocycles. The number of Topliss-reactive ketones (excluding diaryl/α,β-unsaturated/α-hetero) is 15. The maximum Gasteiger partial charge on any atom is 5.00 e. The third kappa shape index (κ3) is 27.5. The molecule has 0 aromatic carbocycles. The van der Waals surface area contributed by atoms with E-state index >= 15 is 0 Å². The van der Waals surface area contributed by atoms with Crippen LogP contribution in [0.1, 0.15) is 69.2 Å². The number of ketones is 15. The molecule has 0 spiro atoms. The van der Waals surface area contributed by atoms with Crippen LogP contribution in [0.25, 0.3) is 0 Å². The van der Waals surface area contributed by atoms with Gasteiger partial charge >= 0.3 is 18.6 Å². The zero-order chi connectivity index (χ0) is 41.5. The molecule has 0 aromatic rings. The topological polar surface area (TPSA) is 256 Å². The number of carbonyl (C=O) groups excluding carboxylic acids is 15. The molecule has 0 saturated carbocycles. The SMILES string of the molecule is [CH2-]C(=O)C(C(C)=O)C(C)=O.[CH2-]C(=O)C(C(C)=O)C(C)=O.[CH2-]C(=O)C(C(C)=O)C(C)=O.[CH2-]C(=O)C(C(C)=O)C(C)=O.[CH2-]C(=O)C(C(C)=O)C(C)=O.[V+5]. The molecule has 0 amide bonds. The van der Waals surface area contributed by atoms with Crippen molar-refractivity contribution in [2.24, 2.45) is 29.6 Å². The first-order chi connectivity index (χ1) is 22.3. The molecular weight excluding hydrogens is 711 g/mol. The summed E-state index contributed by atoms with van der Waals surface area (Å²) in [6, 6.07) is 0. The Kier molecular flexibility index (Phi) is 32.9. The summed E-state index contributed by atoms with van der Waals surface area (Å²) >= 11 is 0. The van der Waals surface area contributed by atoms with E-state index in [1.165, 1.54) is 69.2 Å². The summed E-state index contributed by atoms with van der Waals surface area (Å²) < 4.78 is 0. The molecule has 0 saturated heterocycles. The van der Waals surface area contributed by atoms with Gasteiger partial charge in [0, 0.05) is 28.9 Å². The zero-order valence-corrected chi connectivity index (χ0v) is 31.9. The quantitative estimate of drug-likeness (QED) is 0.166. The van der Waals surface area contributed by atoms with Gasteiger partial charge in [-0.15, -0.1) is 0 Å². The van der Waals surface area contributed by atoms with Gasteiger partial charge in [0.25, 0.3) is 0 Å². The van der Waals surface area contributed by atoms with Crippen molar-refractivity contribution in [2.75, 3.05) is 0 Å². The van der Waals surface area contributed by atoms with Crippen LogP contribution in [0.5, 0.6) is 0 Å². The third-order valence-electron chi connectivity index (χ3n) is 5.68. The smallest absolute Gasteiger partial charge is 0.338 e. The van der Waals surface area contributed by atoms with Crippen LogP contribution in [0.2, 0.25) is 0 Å². The maximum atomic E-state index is 10.5. The molecule has 0 bridgehead atoms. The number of hydrogen-bond acceptors (Lipinski definition) is 15. The molecular formula is C35H45O15V. The summed E-state index contributed by atoms with van der Waals surface area (Å²) in [5, 5.41) is 0. The molecule has 0 radical (unpaired) electrons. The molecule has 0 atom stereocenters. The van der Waals surface area contributed by atoms with Crippen LogP contribution in [0.4, 0.5) is 0 Å². The number of carbonyl (C=O) groups is 15. The van der Waals surface area contributed by atoms with Crippen LogP contribution >= 0.6 is 0 Å². The average molecular weight is 757 g/mol. The van der Waals surface area contributed by atoms with Gasteiger partial charge in [0.2, 0.25) is 0 Å². The molecule has 0 N–H and O–H groups in total. The van der Waals surface area contributed by atoms with Crippen LogP contribution < -0.4 is 0 Å². The predicted molar refractivity (Wildman–Crippen MR) is 176 cm³/mol. The van der Waals surface area contributed by atoms with E-state index in [0.29, 0.717) is 0 Å². The van der Waals surface area contributed by atoms with Crippen LogP contribution in [0, 0.1) is 64.2 Å². The molecule has 0 aliphatic carbocycles.